The van der Waals surface area contributed by atoms with E-state index in [4.69, 9.17) is 5.26 Å². The summed E-state index contributed by atoms with van der Waals surface area (Å²) >= 11 is 1.18. The molecule has 0 aliphatic carbocycles. The SMILES string of the molecule is CN(C)c1ccc(C#Cc2cc3nsnc3cc2C#Cc2ccc(C#N)cc2)cc1. The van der Waals surface area contributed by atoms with E-state index in [1.165, 1.54) is 11.7 Å². The first-order valence-corrected chi connectivity index (χ1v) is 9.93. The summed E-state index contributed by atoms with van der Waals surface area (Å²) in [5.41, 5.74) is 6.75. The number of nitrogens with zero attached hydrogens (tertiary/aromatic N) is 4. The van der Waals surface area contributed by atoms with Crippen molar-refractivity contribution in [1.82, 2.24) is 8.75 Å². The number of benzene rings is 3. The van der Waals surface area contributed by atoms with Gasteiger partial charge in [0.15, 0.2) is 0 Å². The van der Waals surface area contributed by atoms with Crippen LogP contribution in [0.3, 0.4) is 0 Å². The second-order valence-electron chi connectivity index (χ2n) is 6.78. The topological polar surface area (TPSA) is 52.8 Å². The Balaban J connectivity index is 1.71. The highest BCUT2D eigenvalue weighted by molar-refractivity contribution is 7.00. The molecule has 0 amide bonds. The van der Waals surface area contributed by atoms with Gasteiger partial charge in [0, 0.05) is 42.0 Å². The molecule has 0 radical (unpaired) electrons. The van der Waals surface area contributed by atoms with E-state index < -0.39 is 0 Å². The van der Waals surface area contributed by atoms with E-state index in [1.807, 2.05) is 62.6 Å². The van der Waals surface area contributed by atoms with E-state index >= 15 is 0 Å². The fourth-order valence-corrected chi connectivity index (χ4v) is 3.30. The number of aromatic nitrogens is 2. The first kappa shape index (κ1) is 19.2. The Morgan fingerprint density at radius 2 is 1.17 bits per heavy atom. The quantitative estimate of drug-likeness (QED) is 0.441. The lowest BCUT2D eigenvalue weighted by Gasteiger charge is -2.11. The number of hydrogen-bond acceptors (Lipinski definition) is 5. The number of anilines is 1. The average molecular weight is 404 g/mol. The third-order valence-electron chi connectivity index (χ3n) is 4.47. The lowest BCUT2D eigenvalue weighted by molar-refractivity contribution is 1.13. The molecule has 4 nitrogen and oxygen atoms in total. The Kier molecular flexibility index (Phi) is 5.44. The van der Waals surface area contributed by atoms with E-state index in [1.54, 1.807) is 12.1 Å². The van der Waals surface area contributed by atoms with Gasteiger partial charge in [-0.15, -0.1) is 0 Å². The third kappa shape index (κ3) is 4.31. The molecule has 0 atom stereocenters. The van der Waals surface area contributed by atoms with Crippen molar-refractivity contribution in [3.8, 4) is 29.8 Å². The molecule has 0 spiro atoms. The van der Waals surface area contributed by atoms with Gasteiger partial charge in [-0.1, -0.05) is 23.7 Å². The molecule has 1 aromatic heterocycles. The molecular weight excluding hydrogens is 388 g/mol. The van der Waals surface area contributed by atoms with Gasteiger partial charge >= 0.3 is 0 Å². The van der Waals surface area contributed by atoms with Crippen molar-refractivity contribution >= 4 is 28.4 Å². The molecule has 4 rings (SSSR count). The van der Waals surface area contributed by atoms with Crippen LogP contribution in [0.15, 0.2) is 60.7 Å². The predicted molar refractivity (Wildman–Crippen MR) is 121 cm³/mol. The van der Waals surface area contributed by atoms with Crippen molar-refractivity contribution in [2.45, 2.75) is 0 Å². The summed E-state index contributed by atoms with van der Waals surface area (Å²) in [4.78, 5) is 2.05. The summed E-state index contributed by atoms with van der Waals surface area (Å²) in [7, 11) is 4.02. The van der Waals surface area contributed by atoms with Gasteiger partial charge in [0.25, 0.3) is 0 Å². The van der Waals surface area contributed by atoms with Gasteiger partial charge in [-0.05, 0) is 60.7 Å². The van der Waals surface area contributed by atoms with E-state index in [-0.39, 0.29) is 0 Å². The van der Waals surface area contributed by atoms with Crippen LogP contribution in [0.25, 0.3) is 11.0 Å². The summed E-state index contributed by atoms with van der Waals surface area (Å²) in [5, 5.41) is 8.93. The molecule has 0 aliphatic heterocycles. The van der Waals surface area contributed by atoms with E-state index in [2.05, 4.69) is 43.4 Å². The molecule has 0 fully saturated rings. The van der Waals surface area contributed by atoms with Crippen LogP contribution in [0.4, 0.5) is 5.69 Å². The molecule has 0 saturated heterocycles. The number of fused-ring (bicyclic) bond motifs is 1. The summed E-state index contributed by atoms with van der Waals surface area (Å²) in [5.74, 6) is 12.8. The van der Waals surface area contributed by atoms with Gasteiger partial charge in [-0.2, -0.15) is 14.0 Å². The molecule has 0 bridgehead atoms. The fraction of sp³-hybridized carbons (Fsp3) is 0.0800. The van der Waals surface area contributed by atoms with Crippen LogP contribution >= 0.6 is 11.7 Å². The Morgan fingerprint density at radius 3 is 1.63 bits per heavy atom. The second-order valence-corrected chi connectivity index (χ2v) is 7.31. The Hall–Kier alpha value is -4.11. The standard InChI is InChI=1S/C25H16N4S/c1-29(2)23-13-9-19(10-14-23)8-12-22-16-25-24(27-30-28-25)15-21(22)11-7-18-3-5-20(17-26)6-4-18/h3-6,9-10,13-16H,1-2H3. The average Bonchev–Trinajstić information content (AvgIpc) is 3.23. The minimum atomic E-state index is 0.613. The van der Waals surface area contributed by atoms with E-state index in [9.17, 15) is 0 Å². The highest BCUT2D eigenvalue weighted by Gasteiger charge is 2.05. The Morgan fingerprint density at radius 1 is 0.700 bits per heavy atom. The molecule has 142 valence electrons. The van der Waals surface area contributed by atoms with Crippen molar-refractivity contribution in [1.29, 1.82) is 5.26 Å². The van der Waals surface area contributed by atoms with E-state index in [0.29, 0.717) is 5.56 Å². The predicted octanol–water partition coefficient (Wildman–Crippen LogP) is 4.43. The smallest absolute Gasteiger partial charge is 0.106 e. The molecule has 4 aromatic rings. The molecule has 1 heterocycles. The van der Waals surface area contributed by atoms with Crippen LogP contribution in [0.1, 0.15) is 27.8 Å². The third-order valence-corrected chi connectivity index (χ3v) is 5.03. The Bertz CT molecular complexity index is 1370. The van der Waals surface area contributed by atoms with Crippen LogP contribution in [0.2, 0.25) is 0 Å². The lowest BCUT2D eigenvalue weighted by Crippen LogP contribution is -2.07. The minimum absolute atomic E-state index is 0.613. The molecule has 0 aliphatic rings. The van der Waals surface area contributed by atoms with Gasteiger partial charge in [-0.3, -0.25) is 0 Å². The molecular formula is C25H16N4S. The summed E-state index contributed by atoms with van der Waals surface area (Å²) in [6.07, 6.45) is 0. The first-order valence-electron chi connectivity index (χ1n) is 9.20. The maximum atomic E-state index is 8.93. The molecule has 0 saturated carbocycles. The van der Waals surface area contributed by atoms with Crippen LogP contribution in [0.5, 0.6) is 0 Å². The monoisotopic (exact) mass is 404 g/mol. The zero-order chi connectivity index (χ0) is 20.9. The van der Waals surface area contributed by atoms with Crippen molar-refractivity contribution < 1.29 is 0 Å². The summed E-state index contributed by atoms with van der Waals surface area (Å²) in [6, 6.07) is 21.3. The highest BCUT2D eigenvalue weighted by atomic mass is 32.1. The largest absolute Gasteiger partial charge is 0.378 e. The van der Waals surface area contributed by atoms with Crippen LogP contribution in [-0.2, 0) is 0 Å². The van der Waals surface area contributed by atoms with Gasteiger partial charge in [0.1, 0.15) is 11.0 Å². The number of rotatable bonds is 1. The molecule has 0 unspecified atom stereocenters. The summed E-state index contributed by atoms with van der Waals surface area (Å²) in [6.45, 7) is 0. The molecule has 5 heteroatoms. The van der Waals surface area contributed by atoms with Crippen molar-refractivity contribution in [3.63, 3.8) is 0 Å². The molecule has 3 aromatic carbocycles. The first-order chi connectivity index (χ1) is 14.6. The van der Waals surface area contributed by atoms with Gasteiger partial charge in [0.2, 0.25) is 0 Å². The summed E-state index contributed by atoms with van der Waals surface area (Å²) < 4.78 is 8.64. The fourth-order valence-electron chi connectivity index (χ4n) is 2.79. The van der Waals surface area contributed by atoms with E-state index in [0.717, 1.165) is 39.0 Å². The van der Waals surface area contributed by atoms with Crippen molar-refractivity contribution in [3.05, 3.63) is 88.5 Å². The number of hydrogen-bond donors (Lipinski definition) is 0. The lowest BCUT2D eigenvalue weighted by atomic mass is 10.1. The van der Waals surface area contributed by atoms with Crippen LogP contribution in [0, 0.1) is 35.0 Å². The maximum Gasteiger partial charge on any atom is 0.106 e. The van der Waals surface area contributed by atoms with Crippen LogP contribution < -0.4 is 4.90 Å². The zero-order valence-electron chi connectivity index (χ0n) is 16.5. The Labute approximate surface area is 179 Å². The van der Waals surface area contributed by atoms with Gasteiger partial charge in [-0.25, -0.2) is 0 Å². The minimum Gasteiger partial charge on any atom is -0.378 e. The second kappa shape index (κ2) is 8.50. The maximum absolute atomic E-state index is 8.93. The van der Waals surface area contributed by atoms with Crippen molar-refractivity contribution in [2.24, 2.45) is 0 Å². The molecule has 0 N–H and O–H groups in total. The normalized spacial score (nSPS) is 9.77. The van der Waals surface area contributed by atoms with Gasteiger partial charge in [0.05, 0.1) is 23.4 Å². The highest BCUT2D eigenvalue weighted by Crippen LogP contribution is 2.18. The van der Waals surface area contributed by atoms with Crippen molar-refractivity contribution in [2.75, 3.05) is 19.0 Å². The zero-order valence-corrected chi connectivity index (χ0v) is 17.3. The molecule has 30 heavy (non-hydrogen) atoms. The van der Waals surface area contributed by atoms with Gasteiger partial charge < -0.3 is 4.90 Å². The van der Waals surface area contributed by atoms with Crippen LogP contribution in [-0.4, -0.2) is 22.8 Å². The number of nitriles is 1.